The van der Waals surface area contributed by atoms with Crippen molar-refractivity contribution in [3.63, 3.8) is 0 Å². The maximum absolute atomic E-state index is 12.0. The third-order valence-electron chi connectivity index (χ3n) is 3.53. The molecule has 1 aliphatic heterocycles. The SMILES string of the molecule is O=C(O)[C@@H]1CCN(C(=O)CCc2cccc(Cl)c2Cl)C1. The Hall–Kier alpha value is -1.26. The minimum Gasteiger partial charge on any atom is -0.481 e. The minimum absolute atomic E-state index is 0.0372. The number of carbonyl (C=O) groups is 2. The van der Waals surface area contributed by atoms with Crippen LogP contribution in [0.15, 0.2) is 18.2 Å². The number of hydrogen-bond acceptors (Lipinski definition) is 2. The van der Waals surface area contributed by atoms with Crippen LogP contribution in [-0.2, 0) is 16.0 Å². The summed E-state index contributed by atoms with van der Waals surface area (Å²) < 4.78 is 0. The van der Waals surface area contributed by atoms with Crippen molar-refractivity contribution in [1.82, 2.24) is 4.90 Å². The Morgan fingerprint density at radius 3 is 2.75 bits per heavy atom. The average molecular weight is 316 g/mol. The van der Waals surface area contributed by atoms with Gasteiger partial charge in [0, 0.05) is 19.5 Å². The second-order valence-electron chi connectivity index (χ2n) is 4.88. The van der Waals surface area contributed by atoms with E-state index in [-0.39, 0.29) is 5.91 Å². The summed E-state index contributed by atoms with van der Waals surface area (Å²) in [4.78, 5) is 24.5. The summed E-state index contributed by atoms with van der Waals surface area (Å²) in [6.07, 6.45) is 1.35. The molecule has 0 unspecified atom stereocenters. The summed E-state index contributed by atoms with van der Waals surface area (Å²) in [5.41, 5.74) is 0.835. The molecule has 1 N–H and O–H groups in total. The first-order chi connectivity index (χ1) is 9.49. The van der Waals surface area contributed by atoms with Gasteiger partial charge in [0.25, 0.3) is 0 Å². The highest BCUT2D eigenvalue weighted by Crippen LogP contribution is 2.27. The molecule has 1 atom stereocenters. The molecule has 1 heterocycles. The molecular weight excluding hydrogens is 301 g/mol. The molecular formula is C14H15Cl2NO3. The molecule has 4 nitrogen and oxygen atoms in total. The summed E-state index contributed by atoms with van der Waals surface area (Å²) in [7, 11) is 0. The molecule has 1 amide bonds. The third kappa shape index (κ3) is 3.44. The van der Waals surface area contributed by atoms with Gasteiger partial charge < -0.3 is 10.0 Å². The lowest BCUT2D eigenvalue weighted by Gasteiger charge is -2.16. The van der Waals surface area contributed by atoms with Crippen LogP contribution in [0.2, 0.25) is 10.0 Å². The largest absolute Gasteiger partial charge is 0.481 e. The second kappa shape index (κ2) is 6.46. The number of benzene rings is 1. The van der Waals surface area contributed by atoms with Gasteiger partial charge >= 0.3 is 5.97 Å². The first-order valence-corrected chi connectivity index (χ1v) is 7.18. The van der Waals surface area contributed by atoms with Crippen molar-refractivity contribution in [2.24, 2.45) is 5.92 Å². The van der Waals surface area contributed by atoms with Gasteiger partial charge in [-0.05, 0) is 24.5 Å². The molecule has 1 aromatic carbocycles. The number of nitrogens with zero attached hydrogens (tertiary/aromatic N) is 1. The van der Waals surface area contributed by atoms with E-state index in [1.807, 2.05) is 6.07 Å². The average Bonchev–Trinajstić information content (AvgIpc) is 2.90. The number of rotatable bonds is 4. The fourth-order valence-electron chi connectivity index (χ4n) is 2.33. The first kappa shape index (κ1) is 15.1. The van der Waals surface area contributed by atoms with E-state index in [0.29, 0.717) is 42.4 Å². The molecule has 0 radical (unpaired) electrons. The van der Waals surface area contributed by atoms with Gasteiger partial charge in [-0.2, -0.15) is 0 Å². The van der Waals surface area contributed by atoms with Crippen molar-refractivity contribution in [2.45, 2.75) is 19.3 Å². The van der Waals surface area contributed by atoms with E-state index in [0.717, 1.165) is 5.56 Å². The van der Waals surface area contributed by atoms with Gasteiger partial charge in [0.15, 0.2) is 0 Å². The van der Waals surface area contributed by atoms with Gasteiger partial charge in [0.1, 0.15) is 0 Å². The number of carboxylic acid groups (broad SMARTS) is 1. The van der Waals surface area contributed by atoms with Gasteiger partial charge in [-0.15, -0.1) is 0 Å². The van der Waals surface area contributed by atoms with Crippen molar-refractivity contribution in [2.75, 3.05) is 13.1 Å². The van der Waals surface area contributed by atoms with Crippen molar-refractivity contribution in [3.8, 4) is 0 Å². The van der Waals surface area contributed by atoms with E-state index in [2.05, 4.69) is 0 Å². The van der Waals surface area contributed by atoms with Gasteiger partial charge in [-0.1, -0.05) is 35.3 Å². The summed E-state index contributed by atoms with van der Waals surface area (Å²) in [6.45, 7) is 0.816. The molecule has 0 aromatic heterocycles. The normalized spacial score (nSPS) is 18.3. The van der Waals surface area contributed by atoms with Crippen LogP contribution in [0.5, 0.6) is 0 Å². The number of carbonyl (C=O) groups excluding carboxylic acids is 1. The first-order valence-electron chi connectivity index (χ1n) is 6.42. The summed E-state index contributed by atoms with van der Waals surface area (Å²) in [6, 6.07) is 5.34. The van der Waals surface area contributed by atoms with Gasteiger partial charge in [0.2, 0.25) is 5.91 Å². The van der Waals surface area contributed by atoms with Gasteiger partial charge in [-0.3, -0.25) is 9.59 Å². The quantitative estimate of drug-likeness (QED) is 0.929. The van der Waals surface area contributed by atoms with Crippen molar-refractivity contribution in [3.05, 3.63) is 33.8 Å². The van der Waals surface area contributed by atoms with Crippen LogP contribution in [0, 0.1) is 5.92 Å². The van der Waals surface area contributed by atoms with Gasteiger partial charge in [0.05, 0.1) is 16.0 Å². The molecule has 1 saturated heterocycles. The van der Waals surface area contributed by atoms with Crippen LogP contribution in [0.1, 0.15) is 18.4 Å². The standard InChI is InChI=1S/C14H15Cl2NO3/c15-11-3-1-2-9(13(11)16)4-5-12(18)17-7-6-10(8-17)14(19)20/h1-3,10H,4-8H2,(H,19,20)/t10-/m1/s1. The van der Waals surface area contributed by atoms with Crippen LogP contribution in [0.3, 0.4) is 0 Å². The molecule has 0 bridgehead atoms. The zero-order valence-corrected chi connectivity index (χ0v) is 12.3. The maximum atomic E-state index is 12.0. The Kier molecular flexibility index (Phi) is 4.89. The highest BCUT2D eigenvalue weighted by molar-refractivity contribution is 6.42. The zero-order valence-electron chi connectivity index (χ0n) is 10.8. The number of likely N-dealkylation sites (tertiary alicyclic amines) is 1. The summed E-state index contributed by atoms with van der Waals surface area (Å²) in [5, 5.41) is 9.87. The molecule has 2 rings (SSSR count). The van der Waals surface area contributed by atoms with E-state index < -0.39 is 11.9 Å². The number of amides is 1. The Bertz CT molecular complexity index is 533. The van der Waals surface area contributed by atoms with E-state index in [4.69, 9.17) is 28.3 Å². The fraction of sp³-hybridized carbons (Fsp3) is 0.429. The van der Waals surface area contributed by atoms with Crippen LogP contribution >= 0.6 is 23.2 Å². The maximum Gasteiger partial charge on any atom is 0.308 e. The molecule has 1 aliphatic rings. The predicted molar refractivity (Wildman–Crippen MR) is 77.1 cm³/mol. The van der Waals surface area contributed by atoms with E-state index >= 15 is 0 Å². The number of hydrogen-bond donors (Lipinski definition) is 1. The number of aryl methyl sites for hydroxylation is 1. The minimum atomic E-state index is -0.835. The fourth-order valence-corrected chi connectivity index (χ4v) is 2.74. The highest BCUT2D eigenvalue weighted by Gasteiger charge is 2.30. The molecule has 0 saturated carbocycles. The number of aliphatic carboxylic acids is 1. The lowest BCUT2D eigenvalue weighted by atomic mass is 10.1. The predicted octanol–water partition coefficient (Wildman–Crippen LogP) is 2.86. The molecule has 0 spiro atoms. The lowest BCUT2D eigenvalue weighted by molar-refractivity contribution is -0.141. The Morgan fingerprint density at radius 1 is 1.35 bits per heavy atom. The molecule has 6 heteroatoms. The summed E-state index contributed by atoms with van der Waals surface area (Å²) in [5.74, 6) is -1.31. The van der Waals surface area contributed by atoms with E-state index in [9.17, 15) is 9.59 Å². The third-order valence-corrected chi connectivity index (χ3v) is 4.39. The molecule has 0 aliphatic carbocycles. The molecule has 108 valence electrons. The molecule has 20 heavy (non-hydrogen) atoms. The molecule has 1 aromatic rings. The lowest BCUT2D eigenvalue weighted by Crippen LogP contribution is -2.30. The Labute approximate surface area is 127 Å². The van der Waals surface area contributed by atoms with Crippen LogP contribution in [0.25, 0.3) is 0 Å². The van der Waals surface area contributed by atoms with E-state index in [1.165, 1.54) is 0 Å². The van der Waals surface area contributed by atoms with Crippen molar-refractivity contribution in [1.29, 1.82) is 0 Å². The Morgan fingerprint density at radius 2 is 2.10 bits per heavy atom. The van der Waals surface area contributed by atoms with Gasteiger partial charge in [-0.25, -0.2) is 0 Å². The van der Waals surface area contributed by atoms with E-state index in [1.54, 1.807) is 17.0 Å². The van der Waals surface area contributed by atoms with Crippen LogP contribution in [0.4, 0.5) is 0 Å². The number of halogens is 2. The summed E-state index contributed by atoms with van der Waals surface area (Å²) >= 11 is 12.0. The number of carboxylic acids is 1. The van der Waals surface area contributed by atoms with Crippen LogP contribution in [-0.4, -0.2) is 35.0 Å². The zero-order chi connectivity index (χ0) is 14.7. The topological polar surface area (TPSA) is 57.6 Å². The molecule has 1 fully saturated rings. The highest BCUT2D eigenvalue weighted by atomic mass is 35.5. The van der Waals surface area contributed by atoms with Crippen molar-refractivity contribution >= 4 is 35.1 Å². The Balaban J connectivity index is 1.90. The second-order valence-corrected chi connectivity index (χ2v) is 5.66. The smallest absolute Gasteiger partial charge is 0.308 e. The van der Waals surface area contributed by atoms with Crippen molar-refractivity contribution < 1.29 is 14.7 Å². The van der Waals surface area contributed by atoms with Crippen LogP contribution < -0.4 is 0 Å². The monoisotopic (exact) mass is 315 g/mol.